The maximum Gasteiger partial charge on any atom is 0.248 e. The SMILES string of the molecule is NC[C@H](c1ccccc1)c1nccc2cc(C(N)=O)ccc12. The van der Waals surface area contributed by atoms with Crippen LogP contribution < -0.4 is 11.5 Å². The van der Waals surface area contributed by atoms with E-state index in [4.69, 9.17) is 11.5 Å². The number of amides is 1. The van der Waals surface area contributed by atoms with Crippen molar-refractivity contribution < 1.29 is 4.79 Å². The van der Waals surface area contributed by atoms with Crippen LogP contribution in [0.4, 0.5) is 0 Å². The molecule has 4 nitrogen and oxygen atoms in total. The first-order chi connectivity index (χ1) is 10.7. The van der Waals surface area contributed by atoms with E-state index in [1.165, 1.54) is 0 Å². The van der Waals surface area contributed by atoms with E-state index in [-0.39, 0.29) is 5.92 Å². The minimum Gasteiger partial charge on any atom is -0.366 e. The van der Waals surface area contributed by atoms with E-state index in [9.17, 15) is 4.79 Å². The van der Waals surface area contributed by atoms with E-state index in [1.807, 2.05) is 30.3 Å². The van der Waals surface area contributed by atoms with Crippen LogP contribution in [0.1, 0.15) is 27.5 Å². The Bertz CT molecular complexity index is 815. The molecular weight excluding hydrogens is 274 g/mol. The molecule has 1 aromatic heterocycles. The molecule has 4 heteroatoms. The maximum atomic E-state index is 11.3. The molecule has 2 aromatic carbocycles. The molecule has 22 heavy (non-hydrogen) atoms. The average Bonchev–Trinajstić information content (AvgIpc) is 2.56. The third kappa shape index (κ3) is 2.56. The highest BCUT2D eigenvalue weighted by molar-refractivity contribution is 5.98. The monoisotopic (exact) mass is 291 g/mol. The number of hydrogen-bond donors (Lipinski definition) is 2. The van der Waals surface area contributed by atoms with Crippen LogP contribution in [0.15, 0.2) is 60.8 Å². The van der Waals surface area contributed by atoms with E-state index in [1.54, 1.807) is 18.3 Å². The largest absolute Gasteiger partial charge is 0.366 e. The summed E-state index contributed by atoms with van der Waals surface area (Å²) in [5.41, 5.74) is 13.9. The number of hydrogen-bond acceptors (Lipinski definition) is 3. The van der Waals surface area contributed by atoms with Crippen LogP contribution in [0, 0.1) is 0 Å². The lowest BCUT2D eigenvalue weighted by Gasteiger charge is -2.17. The van der Waals surface area contributed by atoms with Crippen molar-refractivity contribution in [3.63, 3.8) is 0 Å². The van der Waals surface area contributed by atoms with Gasteiger partial charge in [-0.1, -0.05) is 36.4 Å². The van der Waals surface area contributed by atoms with Crippen LogP contribution in [0.25, 0.3) is 10.8 Å². The fraction of sp³-hybridized carbons (Fsp3) is 0.111. The normalized spacial score (nSPS) is 12.2. The van der Waals surface area contributed by atoms with Crippen LogP contribution in [-0.4, -0.2) is 17.4 Å². The van der Waals surface area contributed by atoms with Crippen LogP contribution in [0.5, 0.6) is 0 Å². The summed E-state index contributed by atoms with van der Waals surface area (Å²) in [6, 6.07) is 17.4. The molecule has 0 fully saturated rings. The number of rotatable bonds is 4. The van der Waals surface area contributed by atoms with Crippen molar-refractivity contribution in [2.24, 2.45) is 11.5 Å². The molecule has 0 radical (unpaired) electrons. The van der Waals surface area contributed by atoms with Crippen molar-refractivity contribution in [3.8, 4) is 0 Å². The average molecular weight is 291 g/mol. The Balaban J connectivity index is 2.16. The number of aromatic nitrogens is 1. The zero-order chi connectivity index (χ0) is 15.5. The summed E-state index contributed by atoms with van der Waals surface area (Å²) in [6.45, 7) is 0.466. The zero-order valence-electron chi connectivity index (χ0n) is 12.1. The Hall–Kier alpha value is -2.72. The Labute approximate surface area is 128 Å². The maximum absolute atomic E-state index is 11.3. The van der Waals surface area contributed by atoms with Gasteiger partial charge in [-0.15, -0.1) is 0 Å². The van der Waals surface area contributed by atoms with Crippen LogP contribution >= 0.6 is 0 Å². The predicted molar refractivity (Wildman–Crippen MR) is 87.6 cm³/mol. The first-order valence-corrected chi connectivity index (χ1v) is 7.14. The molecule has 0 aliphatic rings. The summed E-state index contributed by atoms with van der Waals surface area (Å²) < 4.78 is 0. The molecule has 0 saturated carbocycles. The van der Waals surface area contributed by atoms with E-state index < -0.39 is 5.91 Å². The molecule has 4 N–H and O–H groups in total. The second-order valence-electron chi connectivity index (χ2n) is 5.20. The zero-order valence-corrected chi connectivity index (χ0v) is 12.1. The number of benzene rings is 2. The van der Waals surface area contributed by atoms with Gasteiger partial charge in [0.05, 0.1) is 5.69 Å². The first kappa shape index (κ1) is 14.2. The Morgan fingerprint density at radius 3 is 2.55 bits per heavy atom. The molecule has 110 valence electrons. The highest BCUT2D eigenvalue weighted by Gasteiger charge is 2.17. The lowest BCUT2D eigenvalue weighted by Crippen LogP contribution is -2.16. The minimum atomic E-state index is -0.432. The highest BCUT2D eigenvalue weighted by Crippen LogP contribution is 2.28. The number of nitrogens with two attached hydrogens (primary N) is 2. The van der Waals surface area contributed by atoms with Crippen LogP contribution in [0.3, 0.4) is 0 Å². The van der Waals surface area contributed by atoms with Gasteiger partial charge in [0, 0.05) is 29.6 Å². The lowest BCUT2D eigenvalue weighted by molar-refractivity contribution is 0.100. The fourth-order valence-corrected chi connectivity index (χ4v) is 2.72. The third-order valence-corrected chi connectivity index (χ3v) is 3.85. The van der Waals surface area contributed by atoms with Gasteiger partial charge in [-0.25, -0.2) is 0 Å². The van der Waals surface area contributed by atoms with E-state index >= 15 is 0 Å². The molecule has 1 amide bonds. The van der Waals surface area contributed by atoms with Gasteiger partial charge in [-0.2, -0.15) is 0 Å². The van der Waals surface area contributed by atoms with Crippen molar-refractivity contribution in [2.75, 3.05) is 6.54 Å². The van der Waals surface area contributed by atoms with Gasteiger partial charge in [-0.3, -0.25) is 9.78 Å². The molecule has 1 heterocycles. The molecule has 0 spiro atoms. The van der Waals surface area contributed by atoms with Crippen LogP contribution in [0.2, 0.25) is 0 Å². The third-order valence-electron chi connectivity index (χ3n) is 3.85. The second kappa shape index (κ2) is 5.95. The number of primary amides is 1. The number of carbonyl (C=O) groups excluding carboxylic acids is 1. The van der Waals surface area contributed by atoms with Gasteiger partial charge in [0.1, 0.15) is 0 Å². The number of carbonyl (C=O) groups is 1. The summed E-state index contributed by atoms with van der Waals surface area (Å²) in [5, 5.41) is 1.93. The minimum absolute atomic E-state index is 0.0179. The Kier molecular flexibility index (Phi) is 3.85. The Morgan fingerprint density at radius 2 is 1.86 bits per heavy atom. The molecular formula is C18H17N3O. The summed E-state index contributed by atoms with van der Waals surface area (Å²) >= 11 is 0. The Morgan fingerprint density at radius 1 is 1.09 bits per heavy atom. The summed E-state index contributed by atoms with van der Waals surface area (Å²) in [6.07, 6.45) is 1.74. The van der Waals surface area contributed by atoms with Gasteiger partial charge in [0.25, 0.3) is 0 Å². The van der Waals surface area contributed by atoms with Crippen molar-refractivity contribution in [1.82, 2.24) is 4.98 Å². The van der Waals surface area contributed by atoms with Gasteiger partial charge in [0.2, 0.25) is 5.91 Å². The van der Waals surface area contributed by atoms with E-state index in [2.05, 4.69) is 17.1 Å². The van der Waals surface area contributed by atoms with Gasteiger partial charge in [-0.05, 0) is 29.1 Å². The highest BCUT2D eigenvalue weighted by atomic mass is 16.1. The number of pyridine rings is 1. The molecule has 3 rings (SSSR count). The number of fused-ring (bicyclic) bond motifs is 1. The molecule has 3 aromatic rings. The molecule has 0 saturated heterocycles. The molecule has 0 bridgehead atoms. The van der Waals surface area contributed by atoms with Crippen molar-refractivity contribution in [2.45, 2.75) is 5.92 Å². The summed E-state index contributed by atoms with van der Waals surface area (Å²) in [4.78, 5) is 15.9. The van der Waals surface area contributed by atoms with Crippen molar-refractivity contribution in [3.05, 3.63) is 77.6 Å². The first-order valence-electron chi connectivity index (χ1n) is 7.14. The molecule has 0 aliphatic heterocycles. The molecule has 0 unspecified atom stereocenters. The summed E-state index contributed by atoms with van der Waals surface area (Å²) in [7, 11) is 0. The van der Waals surface area contributed by atoms with Crippen molar-refractivity contribution >= 4 is 16.7 Å². The van der Waals surface area contributed by atoms with E-state index in [0.717, 1.165) is 22.0 Å². The molecule has 1 atom stereocenters. The summed E-state index contributed by atoms with van der Waals surface area (Å²) in [5.74, 6) is -0.414. The van der Waals surface area contributed by atoms with Crippen molar-refractivity contribution in [1.29, 1.82) is 0 Å². The number of nitrogens with zero attached hydrogens (tertiary/aromatic N) is 1. The smallest absolute Gasteiger partial charge is 0.248 e. The van der Waals surface area contributed by atoms with Gasteiger partial charge < -0.3 is 11.5 Å². The second-order valence-corrected chi connectivity index (χ2v) is 5.20. The fourth-order valence-electron chi connectivity index (χ4n) is 2.72. The van der Waals surface area contributed by atoms with Crippen LogP contribution in [-0.2, 0) is 0 Å². The van der Waals surface area contributed by atoms with Gasteiger partial charge in [0.15, 0.2) is 0 Å². The molecule has 0 aliphatic carbocycles. The standard InChI is InChI=1S/C18H17N3O/c19-11-16(12-4-2-1-3-5-12)17-15-7-6-14(18(20)22)10-13(15)8-9-21-17/h1-10,16H,11,19H2,(H2,20,22)/t16-/m1/s1. The van der Waals surface area contributed by atoms with Gasteiger partial charge >= 0.3 is 0 Å². The quantitative estimate of drug-likeness (QED) is 0.774. The predicted octanol–water partition coefficient (Wildman–Crippen LogP) is 2.42. The lowest BCUT2D eigenvalue weighted by atomic mass is 9.91. The van der Waals surface area contributed by atoms with E-state index in [0.29, 0.717) is 12.1 Å². The topological polar surface area (TPSA) is 82.0 Å².